The second-order valence-corrected chi connectivity index (χ2v) is 11.8. The third kappa shape index (κ3) is 6.44. The number of aromatic carboxylic acids is 1. The van der Waals surface area contributed by atoms with E-state index in [1.54, 1.807) is 0 Å². The molecule has 0 bridgehead atoms. The van der Waals surface area contributed by atoms with Gasteiger partial charge in [-0.15, -0.1) is 0 Å². The van der Waals surface area contributed by atoms with E-state index >= 15 is 8.78 Å². The molecule has 2 aromatic heterocycles. The normalized spacial score (nSPS) is 16.3. The number of anilines is 3. The molecule has 1 N–H and O–H groups in total. The van der Waals surface area contributed by atoms with Crippen LogP contribution in [0.2, 0.25) is 0 Å². The molecular weight excluding hydrogens is 625 g/mol. The highest BCUT2D eigenvalue weighted by Crippen LogP contribution is 2.33. The Labute approximate surface area is 266 Å². The lowest BCUT2D eigenvalue weighted by atomic mass is 10.1. The fourth-order valence-corrected chi connectivity index (χ4v) is 6.04. The number of alkyl halides is 3. The minimum Gasteiger partial charge on any atom is -0.477 e. The molecule has 2 aromatic carbocycles. The highest BCUT2D eigenvalue weighted by molar-refractivity contribution is 5.94. The van der Waals surface area contributed by atoms with Crippen molar-refractivity contribution in [2.45, 2.75) is 19.6 Å². The highest BCUT2D eigenvalue weighted by atomic mass is 19.4. The van der Waals surface area contributed by atoms with Crippen LogP contribution in [0.5, 0.6) is 0 Å². The van der Waals surface area contributed by atoms with E-state index in [1.807, 2.05) is 17.9 Å². The van der Waals surface area contributed by atoms with Gasteiger partial charge in [0.1, 0.15) is 22.9 Å². The van der Waals surface area contributed by atoms with Gasteiger partial charge in [0, 0.05) is 76.9 Å². The molecule has 15 heteroatoms. The Bertz CT molecular complexity index is 1880. The van der Waals surface area contributed by atoms with Gasteiger partial charge in [0.05, 0.1) is 16.5 Å². The van der Waals surface area contributed by atoms with Crippen molar-refractivity contribution in [1.29, 1.82) is 0 Å². The van der Waals surface area contributed by atoms with Crippen LogP contribution in [0, 0.1) is 18.6 Å². The summed E-state index contributed by atoms with van der Waals surface area (Å²) in [6.07, 6.45) is -3.64. The minimum atomic E-state index is -4.57. The van der Waals surface area contributed by atoms with Crippen molar-refractivity contribution in [2.75, 3.05) is 74.1 Å². The molecule has 2 fully saturated rings. The largest absolute Gasteiger partial charge is 0.477 e. The van der Waals surface area contributed by atoms with Gasteiger partial charge in [-0.2, -0.15) is 18.2 Å². The number of nitrogens with zero attached hydrogens (tertiary/aromatic N) is 7. The van der Waals surface area contributed by atoms with Crippen molar-refractivity contribution < 1.29 is 31.9 Å². The summed E-state index contributed by atoms with van der Waals surface area (Å²) in [7, 11) is 2.06. The van der Waals surface area contributed by atoms with Crippen molar-refractivity contribution >= 4 is 34.3 Å². The molecule has 248 valence electrons. The lowest BCUT2D eigenvalue weighted by Crippen LogP contribution is -2.48. The molecule has 0 atom stereocenters. The smallest absolute Gasteiger partial charge is 0.416 e. The van der Waals surface area contributed by atoms with Crippen LogP contribution in [0.1, 0.15) is 27.2 Å². The molecule has 4 heterocycles. The number of likely N-dealkylation sites (N-methyl/N-ethyl adjacent to an activating group) is 1. The Hall–Kier alpha value is -4.79. The Morgan fingerprint density at radius 2 is 1.51 bits per heavy atom. The van der Waals surface area contributed by atoms with E-state index in [4.69, 9.17) is 4.98 Å². The second kappa shape index (κ2) is 12.4. The number of hydrogen-bond donors (Lipinski definition) is 1. The van der Waals surface area contributed by atoms with Crippen molar-refractivity contribution in [3.05, 3.63) is 86.8 Å². The number of benzene rings is 2. The van der Waals surface area contributed by atoms with Crippen LogP contribution in [0.25, 0.3) is 10.9 Å². The molecule has 4 aromatic rings. The van der Waals surface area contributed by atoms with Gasteiger partial charge in [-0.05, 0) is 37.7 Å². The van der Waals surface area contributed by atoms with E-state index in [1.165, 1.54) is 17.0 Å². The first kappa shape index (κ1) is 32.2. The van der Waals surface area contributed by atoms with Crippen LogP contribution in [-0.4, -0.2) is 89.9 Å². The van der Waals surface area contributed by atoms with E-state index in [9.17, 15) is 27.9 Å². The topological polar surface area (TPSA) is 98.0 Å². The first-order valence-electron chi connectivity index (χ1n) is 15.0. The summed E-state index contributed by atoms with van der Waals surface area (Å²) in [6.45, 7) is 6.18. The predicted octanol–water partition coefficient (Wildman–Crippen LogP) is 4.22. The molecule has 2 aliphatic rings. The standard InChI is InChI=1S/C32H32F5N7O3/c1-19-15-25(39-31(38-19)43-9-7-40(2)8-10-43)41-11-13-42(14-12-41)28-24(33)16-22-27(26(28)34)44(18-23(29(22)45)30(46)47)17-20-3-5-21(6-4-20)32(35,36)37/h3-6,15-16,18H,7-14,17H2,1-2H3,(H,46,47). The predicted molar refractivity (Wildman–Crippen MR) is 167 cm³/mol. The van der Waals surface area contributed by atoms with Gasteiger partial charge in [-0.25, -0.2) is 18.6 Å². The van der Waals surface area contributed by atoms with Gasteiger partial charge in [0.2, 0.25) is 11.4 Å². The third-order valence-electron chi connectivity index (χ3n) is 8.63. The number of fused-ring (bicyclic) bond motifs is 1. The zero-order chi connectivity index (χ0) is 33.6. The van der Waals surface area contributed by atoms with Gasteiger partial charge >= 0.3 is 12.1 Å². The van der Waals surface area contributed by atoms with Gasteiger partial charge in [-0.1, -0.05) is 12.1 Å². The van der Waals surface area contributed by atoms with Gasteiger partial charge in [0.25, 0.3) is 0 Å². The zero-order valence-electron chi connectivity index (χ0n) is 25.7. The minimum absolute atomic E-state index is 0.211. The summed E-state index contributed by atoms with van der Waals surface area (Å²) >= 11 is 0. The summed E-state index contributed by atoms with van der Waals surface area (Å²) in [5.74, 6) is -2.36. The van der Waals surface area contributed by atoms with E-state index in [2.05, 4.69) is 21.8 Å². The van der Waals surface area contributed by atoms with Crippen LogP contribution in [0.3, 0.4) is 0 Å². The summed E-state index contributed by atoms with van der Waals surface area (Å²) in [5.41, 5.74) is -2.32. The van der Waals surface area contributed by atoms with Gasteiger partial charge in [-0.3, -0.25) is 4.79 Å². The Balaban J connectivity index is 1.30. The molecule has 0 unspecified atom stereocenters. The maximum Gasteiger partial charge on any atom is 0.416 e. The number of pyridine rings is 1. The molecule has 2 aliphatic heterocycles. The number of rotatable bonds is 6. The van der Waals surface area contributed by atoms with Crippen molar-refractivity contribution in [1.82, 2.24) is 19.4 Å². The third-order valence-corrected chi connectivity index (χ3v) is 8.63. The lowest BCUT2D eigenvalue weighted by molar-refractivity contribution is -0.137. The van der Waals surface area contributed by atoms with E-state index < -0.39 is 45.7 Å². The summed E-state index contributed by atoms with van der Waals surface area (Å²) < 4.78 is 72.4. The monoisotopic (exact) mass is 657 g/mol. The van der Waals surface area contributed by atoms with Crippen LogP contribution in [-0.2, 0) is 12.7 Å². The van der Waals surface area contributed by atoms with Gasteiger partial charge < -0.3 is 29.3 Å². The molecule has 10 nitrogen and oxygen atoms in total. The molecule has 0 spiro atoms. The maximum absolute atomic E-state index is 16.4. The average molecular weight is 658 g/mol. The molecule has 0 radical (unpaired) electrons. The van der Waals surface area contributed by atoms with Crippen LogP contribution in [0.15, 0.2) is 47.4 Å². The molecule has 6 rings (SSSR count). The van der Waals surface area contributed by atoms with E-state index in [0.29, 0.717) is 24.9 Å². The molecule has 0 saturated carbocycles. The number of aryl methyl sites for hydroxylation is 1. The van der Waals surface area contributed by atoms with Crippen LogP contribution in [0.4, 0.5) is 39.4 Å². The molecule has 47 heavy (non-hydrogen) atoms. The highest BCUT2D eigenvalue weighted by Gasteiger charge is 2.31. The summed E-state index contributed by atoms with van der Waals surface area (Å²) in [6, 6.07) is 6.76. The number of aromatic nitrogens is 3. The number of carboxylic acids is 1. The number of halogens is 5. The lowest BCUT2D eigenvalue weighted by Gasteiger charge is -2.38. The fourth-order valence-electron chi connectivity index (χ4n) is 6.04. The average Bonchev–Trinajstić information content (AvgIpc) is 3.02. The number of piperazine rings is 2. The first-order chi connectivity index (χ1) is 22.3. The summed E-state index contributed by atoms with van der Waals surface area (Å²) in [4.78, 5) is 42.2. The number of carboxylic acid groups (broad SMARTS) is 1. The Morgan fingerprint density at radius 1 is 0.894 bits per heavy atom. The Morgan fingerprint density at radius 3 is 2.13 bits per heavy atom. The molecule has 0 aliphatic carbocycles. The molecule has 2 saturated heterocycles. The number of hydrogen-bond acceptors (Lipinski definition) is 8. The SMILES string of the molecule is Cc1cc(N2CCN(c3c(F)cc4c(=O)c(C(=O)O)cn(Cc5ccc(C(F)(F)F)cc5)c4c3F)CC2)nc(N2CCN(C)CC2)n1. The first-order valence-corrected chi connectivity index (χ1v) is 15.0. The quantitative estimate of drug-likeness (QED) is 0.306. The van der Waals surface area contributed by atoms with Crippen molar-refractivity contribution in [3.63, 3.8) is 0 Å². The van der Waals surface area contributed by atoms with Crippen LogP contribution >= 0.6 is 0 Å². The van der Waals surface area contributed by atoms with E-state index in [-0.39, 0.29) is 36.4 Å². The molecular formula is C32H32F5N7O3. The fraction of sp³-hybridized carbons (Fsp3) is 0.375. The van der Waals surface area contributed by atoms with Gasteiger partial charge in [0.15, 0.2) is 5.82 Å². The second-order valence-electron chi connectivity index (χ2n) is 11.8. The maximum atomic E-state index is 16.4. The van der Waals surface area contributed by atoms with Crippen LogP contribution < -0.4 is 20.1 Å². The Kier molecular flexibility index (Phi) is 8.51. The van der Waals surface area contributed by atoms with Crippen molar-refractivity contribution in [3.8, 4) is 0 Å². The summed E-state index contributed by atoms with van der Waals surface area (Å²) in [5, 5.41) is 9.14. The molecule has 0 amide bonds. The van der Waals surface area contributed by atoms with E-state index in [0.717, 1.165) is 60.8 Å². The number of carbonyl (C=O) groups is 1. The zero-order valence-corrected chi connectivity index (χ0v) is 25.7. The van der Waals surface area contributed by atoms with Crippen molar-refractivity contribution in [2.24, 2.45) is 0 Å².